The summed E-state index contributed by atoms with van der Waals surface area (Å²) in [7, 11) is 0. The van der Waals surface area contributed by atoms with Crippen LogP contribution in [0.5, 0.6) is 0 Å². The molecule has 2 aliphatic rings. The third-order valence-corrected chi connectivity index (χ3v) is 5.65. The lowest BCUT2D eigenvalue weighted by Gasteiger charge is -2.24. The minimum atomic E-state index is -4.46. The van der Waals surface area contributed by atoms with Gasteiger partial charge in [-0.3, -0.25) is 14.4 Å². The summed E-state index contributed by atoms with van der Waals surface area (Å²) in [6.07, 6.45) is -2.78. The van der Waals surface area contributed by atoms with E-state index < -0.39 is 29.6 Å². The molecule has 1 aliphatic carbocycles. The predicted molar refractivity (Wildman–Crippen MR) is 110 cm³/mol. The van der Waals surface area contributed by atoms with Gasteiger partial charge in [-0.2, -0.15) is 13.2 Å². The lowest BCUT2D eigenvalue weighted by atomic mass is 10.0. The van der Waals surface area contributed by atoms with Crippen molar-refractivity contribution in [2.24, 2.45) is 0 Å². The molecular weight excluding hydrogens is 423 g/mol. The van der Waals surface area contributed by atoms with Gasteiger partial charge in [-0.25, -0.2) is 0 Å². The molecule has 2 N–H and O–H groups in total. The van der Waals surface area contributed by atoms with Crippen molar-refractivity contribution >= 4 is 17.7 Å². The lowest BCUT2D eigenvalue weighted by Crippen LogP contribution is -2.44. The molecule has 2 aromatic rings. The van der Waals surface area contributed by atoms with Crippen LogP contribution in [0.1, 0.15) is 45.9 Å². The third kappa shape index (κ3) is 4.46. The van der Waals surface area contributed by atoms with E-state index in [0.717, 1.165) is 18.9 Å². The summed E-state index contributed by atoms with van der Waals surface area (Å²) in [6.45, 7) is -0.328. The molecule has 6 nitrogen and oxygen atoms in total. The van der Waals surface area contributed by atoms with E-state index in [4.69, 9.17) is 0 Å². The zero-order valence-corrected chi connectivity index (χ0v) is 17.1. The molecule has 2 aromatic carbocycles. The molecule has 1 fully saturated rings. The first-order valence-corrected chi connectivity index (χ1v) is 10.4. The van der Waals surface area contributed by atoms with Crippen LogP contribution in [-0.4, -0.2) is 41.8 Å². The molecule has 0 spiro atoms. The summed E-state index contributed by atoms with van der Waals surface area (Å²) in [6, 6.07) is 11.4. The van der Waals surface area contributed by atoms with Gasteiger partial charge in [0.25, 0.3) is 5.91 Å². The van der Waals surface area contributed by atoms with E-state index in [1.807, 2.05) is 0 Å². The van der Waals surface area contributed by atoms with Gasteiger partial charge in [0.15, 0.2) is 0 Å². The molecule has 1 aliphatic heterocycles. The highest BCUT2D eigenvalue weighted by Crippen LogP contribution is 2.41. The topological polar surface area (TPSA) is 78.5 Å². The number of carbonyl (C=O) groups is 3. The number of amides is 3. The molecule has 1 atom stereocenters. The van der Waals surface area contributed by atoms with Crippen molar-refractivity contribution in [1.82, 2.24) is 15.5 Å². The summed E-state index contributed by atoms with van der Waals surface area (Å²) < 4.78 is 39.2. The molecule has 1 heterocycles. The zero-order chi connectivity index (χ0) is 22.9. The van der Waals surface area contributed by atoms with Crippen LogP contribution >= 0.6 is 0 Å². The Balaban J connectivity index is 1.32. The monoisotopic (exact) mass is 445 g/mol. The minimum absolute atomic E-state index is 0.000738. The summed E-state index contributed by atoms with van der Waals surface area (Å²) in [4.78, 5) is 39.3. The Morgan fingerprint density at radius 1 is 1.00 bits per heavy atom. The van der Waals surface area contributed by atoms with Gasteiger partial charge < -0.3 is 15.5 Å². The van der Waals surface area contributed by atoms with Crippen LogP contribution in [0.15, 0.2) is 48.5 Å². The van der Waals surface area contributed by atoms with Gasteiger partial charge in [-0.1, -0.05) is 36.4 Å². The zero-order valence-electron chi connectivity index (χ0n) is 17.1. The van der Waals surface area contributed by atoms with E-state index in [0.29, 0.717) is 11.1 Å². The van der Waals surface area contributed by atoms with Gasteiger partial charge >= 0.3 is 6.18 Å². The maximum atomic E-state index is 13.1. The van der Waals surface area contributed by atoms with Crippen molar-refractivity contribution in [1.29, 1.82) is 0 Å². The van der Waals surface area contributed by atoms with E-state index in [1.54, 1.807) is 29.2 Å². The highest BCUT2D eigenvalue weighted by atomic mass is 19.4. The van der Waals surface area contributed by atoms with Crippen LogP contribution in [0.4, 0.5) is 13.2 Å². The third-order valence-electron chi connectivity index (χ3n) is 5.65. The van der Waals surface area contributed by atoms with Gasteiger partial charge in [0.1, 0.15) is 6.04 Å². The van der Waals surface area contributed by atoms with Gasteiger partial charge in [-0.05, 0) is 42.5 Å². The molecule has 9 heteroatoms. The molecule has 1 unspecified atom stereocenters. The smallest absolute Gasteiger partial charge is 0.354 e. The normalized spacial score (nSPS) is 17.8. The molecular formula is C23H22F3N3O3. The van der Waals surface area contributed by atoms with Gasteiger partial charge in [-0.15, -0.1) is 0 Å². The molecule has 168 valence electrons. The Labute approximate surface area is 182 Å². The van der Waals surface area contributed by atoms with Crippen LogP contribution in [0, 0.1) is 0 Å². The second-order valence-corrected chi connectivity index (χ2v) is 7.91. The Morgan fingerprint density at radius 3 is 2.41 bits per heavy atom. The molecule has 32 heavy (non-hydrogen) atoms. The van der Waals surface area contributed by atoms with Crippen molar-refractivity contribution < 1.29 is 27.6 Å². The number of hydrogen-bond acceptors (Lipinski definition) is 3. The Kier molecular flexibility index (Phi) is 5.90. The first kappa shape index (κ1) is 21.9. The number of carbonyl (C=O) groups excluding carboxylic acids is 3. The van der Waals surface area contributed by atoms with E-state index in [9.17, 15) is 27.6 Å². The lowest BCUT2D eigenvalue weighted by molar-refractivity contribution is -0.138. The van der Waals surface area contributed by atoms with Crippen LogP contribution < -0.4 is 10.6 Å². The highest BCUT2D eigenvalue weighted by molar-refractivity contribution is 6.05. The van der Waals surface area contributed by atoms with Crippen LogP contribution in [-0.2, 0) is 22.2 Å². The molecule has 0 saturated heterocycles. The van der Waals surface area contributed by atoms with Crippen molar-refractivity contribution in [2.75, 3.05) is 13.1 Å². The molecule has 0 radical (unpaired) electrons. The molecule has 3 amide bonds. The number of rotatable bonds is 7. The minimum Gasteiger partial charge on any atom is -0.354 e. The number of halogens is 3. The van der Waals surface area contributed by atoms with E-state index in [-0.39, 0.29) is 37.0 Å². The average Bonchev–Trinajstić information content (AvgIpc) is 3.56. The maximum Gasteiger partial charge on any atom is 0.416 e. The fraction of sp³-hybridized carbons (Fsp3) is 0.348. The molecule has 4 rings (SSSR count). The van der Waals surface area contributed by atoms with Crippen molar-refractivity contribution in [3.8, 4) is 0 Å². The number of nitrogens with zero attached hydrogens (tertiary/aromatic N) is 1. The SMILES string of the molecule is O=C(CNC(=O)C1c2ccccc2C(=O)N1C1CC1)NCCc1ccccc1C(F)(F)F. The first-order valence-electron chi connectivity index (χ1n) is 10.4. The molecule has 0 bridgehead atoms. The van der Waals surface area contributed by atoms with E-state index in [1.165, 1.54) is 18.2 Å². The fourth-order valence-electron chi connectivity index (χ4n) is 4.01. The van der Waals surface area contributed by atoms with Gasteiger partial charge in [0.2, 0.25) is 11.8 Å². The summed E-state index contributed by atoms with van der Waals surface area (Å²) in [5.74, 6) is -1.15. The van der Waals surface area contributed by atoms with Crippen LogP contribution in [0.2, 0.25) is 0 Å². The van der Waals surface area contributed by atoms with E-state index >= 15 is 0 Å². The number of alkyl halides is 3. The van der Waals surface area contributed by atoms with Crippen LogP contribution in [0.25, 0.3) is 0 Å². The number of benzene rings is 2. The first-order chi connectivity index (χ1) is 15.3. The van der Waals surface area contributed by atoms with Crippen molar-refractivity contribution in [2.45, 2.75) is 37.5 Å². The van der Waals surface area contributed by atoms with Gasteiger partial charge in [0, 0.05) is 18.2 Å². The quantitative estimate of drug-likeness (QED) is 0.688. The molecule has 1 saturated carbocycles. The second-order valence-electron chi connectivity index (χ2n) is 7.91. The van der Waals surface area contributed by atoms with Crippen molar-refractivity contribution in [3.05, 3.63) is 70.8 Å². The summed E-state index contributed by atoms with van der Waals surface area (Å²) in [5, 5.41) is 5.09. The largest absolute Gasteiger partial charge is 0.416 e. The van der Waals surface area contributed by atoms with Gasteiger partial charge in [0.05, 0.1) is 12.1 Å². The molecule has 0 aromatic heterocycles. The van der Waals surface area contributed by atoms with Crippen LogP contribution in [0.3, 0.4) is 0 Å². The fourth-order valence-corrected chi connectivity index (χ4v) is 4.01. The van der Waals surface area contributed by atoms with E-state index in [2.05, 4.69) is 10.6 Å². The number of fused-ring (bicyclic) bond motifs is 1. The Hall–Kier alpha value is -3.36. The maximum absolute atomic E-state index is 13.1. The Bertz CT molecular complexity index is 1050. The average molecular weight is 445 g/mol. The summed E-state index contributed by atoms with van der Waals surface area (Å²) in [5.41, 5.74) is 0.469. The van der Waals surface area contributed by atoms with Crippen molar-refractivity contribution in [3.63, 3.8) is 0 Å². The summed E-state index contributed by atoms with van der Waals surface area (Å²) >= 11 is 0. The number of hydrogen-bond donors (Lipinski definition) is 2. The highest BCUT2D eigenvalue weighted by Gasteiger charge is 2.47. The number of nitrogens with one attached hydrogen (secondary N) is 2. The second kappa shape index (κ2) is 8.64. The predicted octanol–water partition coefficient (Wildman–Crippen LogP) is 2.84. The Morgan fingerprint density at radius 2 is 1.69 bits per heavy atom. The standard InChI is InChI=1S/C23H22F3N3O3/c24-23(25,26)18-8-4-1-5-14(18)11-12-27-19(30)13-28-21(31)20-16-6-2-3-7-17(16)22(32)29(20)15-9-10-15/h1-8,15,20H,9-13H2,(H,27,30)(H,28,31).